The summed E-state index contributed by atoms with van der Waals surface area (Å²) >= 11 is 0. The van der Waals surface area contributed by atoms with Crippen LogP contribution in [0, 0.1) is 6.92 Å². The summed E-state index contributed by atoms with van der Waals surface area (Å²) in [5.74, 6) is 0.148. The number of carbonyl (C=O) groups excluding carboxylic acids is 3. The van der Waals surface area contributed by atoms with Crippen molar-refractivity contribution in [1.82, 2.24) is 14.8 Å². The van der Waals surface area contributed by atoms with Crippen LogP contribution in [0.1, 0.15) is 57.4 Å². The summed E-state index contributed by atoms with van der Waals surface area (Å²) in [6.07, 6.45) is 0. The Morgan fingerprint density at radius 3 is 2.26 bits per heavy atom. The van der Waals surface area contributed by atoms with Gasteiger partial charge in [0.2, 0.25) is 0 Å². The Morgan fingerprint density at radius 1 is 0.882 bits per heavy atom. The number of hydrogen-bond acceptors (Lipinski definition) is 5. The van der Waals surface area contributed by atoms with Gasteiger partial charge in [-0.05, 0) is 63.6 Å². The van der Waals surface area contributed by atoms with E-state index in [4.69, 9.17) is 4.98 Å². The summed E-state index contributed by atoms with van der Waals surface area (Å²) < 4.78 is 0. The second-order valence-electron chi connectivity index (χ2n) is 9.97. The van der Waals surface area contributed by atoms with Crippen molar-refractivity contribution < 1.29 is 14.4 Å². The SMILES string of the molecule is Cc1cc(N2CCN(C(=O)c3ccc4c(c3)C(=O)N(C(C)(C)C)C4=O)CC2)nc2ccccc12. The van der Waals surface area contributed by atoms with E-state index in [1.165, 1.54) is 10.5 Å². The van der Waals surface area contributed by atoms with Crippen molar-refractivity contribution in [3.8, 4) is 0 Å². The molecule has 0 spiro atoms. The van der Waals surface area contributed by atoms with E-state index in [1.54, 1.807) is 23.1 Å². The van der Waals surface area contributed by atoms with Crippen LogP contribution in [0.3, 0.4) is 0 Å². The van der Waals surface area contributed by atoms with Crippen molar-refractivity contribution in [3.05, 3.63) is 70.8 Å². The van der Waals surface area contributed by atoms with Crippen molar-refractivity contribution in [1.29, 1.82) is 0 Å². The van der Waals surface area contributed by atoms with Crippen LogP contribution in [0.25, 0.3) is 10.9 Å². The van der Waals surface area contributed by atoms with Crippen LogP contribution in [0.15, 0.2) is 48.5 Å². The van der Waals surface area contributed by atoms with Crippen LogP contribution in [0.5, 0.6) is 0 Å². The number of carbonyl (C=O) groups is 3. The van der Waals surface area contributed by atoms with Gasteiger partial charge in [-0.3, -0.25) is 19.3 Å². The molecule has 2 aromatic carbocycles. The maximum Gasteiger partial charge on any atom is 0.262 e. The highest BCUT2D eigenvalue weighted by Crippen LogP contribution is 2.30. The number of piperazine rings is 1. The first kappa shape index (κ1) is 22.1. The summed E-state index contributed by atoms with van der Waals surface area (Å²) in [4.78, 5) is 48.9. The number of pyridine rings is 1. The van der Waals surface area contributed by atoms with Gasteiger partial charge in [0.15, 0.2) is 0 Å². The largest absolute Gasteiger partial charge is 0.353 e. The zero-order chi connectivity index (χ0) is 24.2. The van der Waals surface area contributed by atoms with Gasteiger partial charge in [0.25, 0.3) is 17.7 Å². The predicted molar refractivity (Wildman–Crippen MR) is 131 cm³/mol. The Morgan fingerprint density at radius 2 is 1.56 bits per heavy atom. The number of amides is 3. The maximum atomic E-state index is 13.2. The summed E-state index contributed by atoms with van der Waals surface area (Å²) in [6, 6.07) is 15.0. The summed E-state index contributed by atoms with van der Waals surface area (Å²) in [6.45, 7) is 10.0. The number of aromatic nitrogens is 1. The third-order valence-electron chi connectivity index (χ3n) is 6.60. The molecule has 7 heteroatoms. The number of hydrogen-bond donors (Lipinski definition) is 0. The van der Waals surface area contributed by atoms with Crippen molar-refractivity contribution in [2.75, 3.05) is 31.1 Å². The zero-order valence-electron chi connectivity index (χ0n) is 20.0. The summed E-state index contributed by atoms with van der Waals surface area (Å²) in [7, 11) is 0. The first-order chi connectivity index (χ1) is 16.1. The van der Waals surface area contributed by atoms with E-state index >= 15 is 0 Å². The number of rotatable bonds is 2. The Kier molecular flexibility index (Phi) is 5.15. The first-order valence-corrected chi connectivity index (χ1v) is 11.6. The van der Waals surface area contributed by atoms with E-state index in [1.807, 2.05) is 39.0 Å². The number of benzene rings is 2. The summed E-state index contributed by atoms with van der Waals surface area (Å²) in [5.41, 5.74) is 2.63. The van der Waals surface area contributed by atoms with Gasteiger partial charge in [-0.25, -0.2) is 4.98 Å². The van der Waals surface area contributed by atoms with Crippen LogP contribution in [-0.2, 0) is 0 Å². The van der Waals surface area contributed by atoms with Gasteiger partial charge >= 0.3 is 0 Å². The summed E-state index contributed by atoms with van der Waals surface area (Å²) in [5, 5.41) is 1.15. The van der Waals surface area contributed by atoms with Crippen LogP contribution < -0.4 is 4.90 Å². The fourth-order valence-electron chi connectivity index (χ4n) is 4.80. The lowest BCUT2D eigenvalue weighted by Gasteiger charge is -2.35. The average molecular weight is 457 g/mol. The molecule has 0 N–H and O–H groups in total. The first-order valence-electron chi connectivity index (χ1n) is 11.6. The van der Waals surface area contributed by atoms with Crippen molar-refractivity contribution >= 4 is 34.4 Å². The Hall–Kier alpha value is -3.74. The van der Waals surface area contributed by atoms with E-state index in [0.29, 0.717) is 42.9 Å². The van der Waals surface area contributed by atoms with E-state index in [9.17, 15) is 14.4 Å². The number of imide groups is 1. The molecule has 3 heterocycles. The van der Waals surface area contributed by atoms with Gasteiger partial charge in [-0.1, -0.05) is 18.2 Å². The van der Waals surface area contributed by atoms with Gasteiger partial charge in [0.05, 0.1) is 16.6 Å². The zero-order valence-corrected chi connectivity index (χ0v) is 20.0. The third kappa shape index (κ3) is 3.61. The third-order valence-corrected chi connectivity index (χ3v) is 6.60. The Labute approximate surface area is 199 Å². The second kappa shape index (κ2) is 7.94. The molecule has 0 atom stereocenters. The molecule has 0 saturated carbocycles. The van der Waals surface area contributed by atoms with Crippen LogP contribution in [0.4, 0.5) is 5.82 Å². The van der Waals surface area contributed by atoms with Crippen LogP contribution in [-0.4, -0.2) is 64.2 Å². The Bertz CT molecular complexity index is 1330. The van der Waals surface area contributed by atoms with E-state index < -0.39 is 5.54 Å². The number of aryl methyl sites for hydroxylation is 1. The molecule has 3 aromatic rings. The molecule has 0 bridgehead atoms. The average Bonchev–Trinajstić information content (AvgIpc) is 3.08. The number of anilines is 1. The fraction of sp³-hybridized carbons (Fsp3) is 0.333. The monoisotopic (exact) mass is 456 g/mol. The normalized spacial score (nSPS) is 16.4. The molecule has 5 rings (SSSR count). The molecule has 0 aliphatic carbocycles. The minimum absolute atomic E-state index is 0.125. The quantitative estimate of drug-likeness (QED) is 0.547. The molecule has 174 valence electrons. The van der Waals surface area contributed by atoms with Crippen LogP contribution >= 0.6 is 0 Å². The smallest absolute Gasteiger partial charge is 0.262 e. The topological polar surface area (TPSA) is 73.8 Å². The molecule has 0 radical (unpaired) electrons. The molecule has 1 aromatic heterocycles. The highest BCUT2D eigenvalue weighted by atomic mass is 16.2. The standard InChI is InChI=1S/C27H28N4O3/c1-17-15-23(28-22-8-6-5-7-19(17)22)29-11-13-30(14-12-29)24(32)18-9-10-20-21(16-18)26(34)31(25(20)33)27(2,3)4/h5-10,15-16H,11-14H2,1-4H3. The van der Waals surface area contributed by atoms with Gasteiger partial charge in [-0.15, -0.1) is 0 Å². The van der Waals surface area contributed by atoms with Gasteiger partial charge < -0.3 is 9.80 Å². The minimum Gasteiger partial charge on any atom is -0.353 e. The molecule has 3 amide bonds. The van der Waals surface area contributed by atoms with Crippen molar-refractivity contribution in [2.24, 2.45) is 0 Å². The number of para-hydroxylation sites is 1. The highest BCUT2D eigenvalue weighted by Gasteiger charge is 2.42. The fourth-order valence-corrected chi connectivity index (χ4v) is 4.80. The molecule has 0 unspecified atom stereocenters. The number of fused-ring (bicyclic) bond motifs is 2. The van der Waals surface area contributed by atoms with Gasteiger partial charge in [-0.2, -0.15) is 0 Å². The van der Waals surface area contributed by atoms with E-state index in [2.05, 4.69) is 24.0 Å². The van der Waals surface area contributed by atoms with Crippen LogP contribution in [0.2, 0.25) is 0 Å². The predicted octanol–water partition coefficient (Wildman–Crippen LogP) is 3.90. The number of nitrogens with zero attached hydrogens (tertiary/aromatic N) is 4. The lowest BCUT2D eigenvalue weighted by molar-refractivity contribution is 0.0507. The maximum absolute atomic E-state index is 13.2. The van der Waals surface area contributed by atoms with Crippen molar-refractivity contribution in [2.45, 2.75) is 33.2 Å². The van der Waals surface area contributed by atoms with Crippen molar-refractivity contribution in [3.63, 3.8) is 0 Å². The molecular formula is C27H28N4O3. The molecule has 1 fully saturated rings. The highest BCUT2D eigenvalue weighted by molar-refractivity contribution is 6.22. The van der Waals surface area contributed by atoms with Gasteiger partial charge in [0, 0.05) is 42.7 Å². The molecule has 1 saturated heterocycles. The van der Waals surface area contributed by atoms with Gasteiger partial charge in [0.1, 0.15) is 5.82 Å². The lowest BCUT2D eigenvalue weighted by Crippen LogP contribution is -2.49. The molecular weight excluding hydrogens is 428 g/mol. The molecule has 2 aliphatic heterocycles. The Balaban J connectivity index is 1.32. The molecule has 34 heavy (non-hydrogen) atoms. The second-order valence-corrected chi connectivity index (χ2v) is 9.97. The van der Waals surface area contributed by atoms with E-state index in [0.717, 1.165) is 16.7 Å². The minimum atomic E-state index is -0.622. The molecule has 2 aliphatic rings. The van der Waals surface area contributed by atoms with E-state index in [-0.39, 0.29) is 17.7 Å². The molecule has 7 nitrogen and oxygen atoms in total. The lowest BCUT2D eigenvalue weighted by atomic mass is 10.0.